The number of fused-ring (bicyclic) bond motifs is 1. The number of nitrogens with zero attached hydrogens (tertiary/aromatic N) is 7. The fourth-order valence-electron chi connectivity index (χ4n) is 2.85. The van der Waals surface area contributed by atoms with Crippen molar-refractivity contribution >= 4 is 11.5 Å². The molecule has 4 aromatic heterocycles. The Morgan fingerprint density at radius 1 is 1.18 bits per heavy atom. The van der Waals surface area contributed by atoms with Crippen molar-refractivity contribution in [3.8, 4) is 28.7 Å². The Hall–Kier alpha value is -3.87. The van der Waals surface area contributed by atoms with Crippen molar-refractivity contribution in [2.75, 3.05) is 7.11 Å². The summed E-state index contributed by atoms with van der Waals surface area (Å²) in [4.78, 5) is 16.1. The quantitative estimate of drug-likeness (QED) is 0.495. The van der Waals surface area contributed by atoms with Crippen molar-refractivity contribution in [1.29, 1.82) is 0 Å². The van der Waals surface area contributed by atoms with Gasteiger partial charge in [0.25, 0.3) is 12.2 Å². The monoisotopic (exact) mass is 381 g/mol. The number of hydrogen-bond donors (Lipinski definition) is 0. The van der Waals surface area contributed by atoms with Crippen molar-refractivity contribution in [2.45, 2.75) is 13.0 Å². The highest BCUT2D eigenvalue weighted by molar-refractivity contribution is 5.75. The zero-order chi connectivity index (χ0) is 19.7. The first-order valence-corrected chi connectivity index (χ1v) is 8.18. The molecule has 4 heterocycles. The summed E-state index contributed by atoms with van der Waals surface area (Å²) in [5.74, 6) is 0.595. The number of pyridine rings is 1. The summed E-state index contributed by atoms with van der Waals surface area (Å²) in [6.45, 7) is 6.68. The third-order valence-electron chi connectivity index (χ3n) is 4.05. The maximum atomic E-state index is 13.1. The molecule has 0 saturated carbocycles. The van der Waals surface area contributed by atoms with E-state index in [1.165, 1.54) is 28.7 Å². The number of methoxy groups -OCH3 is 1. The van der Waals surface area contributed by atoms with Gasteiger partial charge >= 0.3 is 0 Å². The van der Waals surface area contributed by atoms with E-state index >= 15 is 0 Å². The predicted octanol–water partition coefficient (Wildman–Crippen LogP) is 3.48. The lowest BCUT2D eigenvalue weighted by Gasteiger charge is -2.09. The highest BCUT2D eigenvalue weighted by Crippen LogP contribution is 2.31. The molecule has 0 aliphatic heterocycles. The van der Waals surface area contributed by atoms with Gasteiger partial charge in [0, 0.05) is 12.1 Å². The largest absolute Gasteiger partial charge is 0.481 e. The van der Waals surface area contributed by atoms with Crippen molar-refractivity contribution in [3.05, 3.63) is 54.3 Å². The molecule has 4 aromatic rings. The molecular weight excluding hydrogens is 368 g/mol. The van der Waals surface area contributed by atoms with E-state index in [1.807, 2.05) is 0 Å². The third kappa shape index (κ3) is 3.03. The molecule has 0 unspecified atom stereocenters. The van der Waals surface area contributed by atoms with Gasteiger partial charge in [0.05, 0.1) is 31.9 Å². The van der Waals surface area contributed by atoms with Crippen LogP contribution >= 0.6 is 0 Å². The number of halogens is 2. The van der Waals surface area contributed by atoms with Crippen molar-refractivity contribution < 1.29 is 13.5 Å². The minimum Gasteiger partial charge on any atom is -0.481 e. The van der Waals surface area contributed by atoms with Crippen molar-refractivity contribution in [3.63, 3.8) is 0 Å². The van der Waals surface area contributed by atoms with Gasteiger partial charge in [-0.1, -0.05) is 17.7 Å². The number of rotatable bonds is 5. The molecule has 0 fully saturated rings. The molecular formula is C18H13F2N7O. The van der Waals surface area contributed by atoms with Crippen LogP contribution in [-0.4, -0.2) is 42.7 Å². The molecule has 10 heteroatoms. The average Bonchev–Trinajstić information content (AvgIpc) is 3.30. The molecule has 0 aliphatic carbocycles. The highest BCUT2D eigenvalue weighted by Gasteiger charge is 2.21. The molecule has 140 valence electrons. The molecule has 0 radical (unpaired) electrons. The lowest BCUT2D eigenvalue weighted by molar-refractivity contribution is 0.127. The smallest absolute Gasteiger partial charge is 0.275 e. The molecule has 0 saturated heterocycles. The number of hydrogen-bond acceptors (Lipinski definition) is 5. The first kappa shape index (κ1) is 17.5. The number of imidazole rings is 2. The van der Waals surface area contributed by atoms with Gasteiger partial charge in [-0.15, -0.1) is 4.52 Å². The zero-order valence-corrected chi connectivity index (χ0v) is 14.6. The van der Waals surface area contributed by atoms with Crippen LogP contribution in [-0.2, 0) is 6.54 Å². The number of aromatic nitrogens is 6. The Balaban J connectivity index is 1.93. The van der Waals surface area contributed by atoms with Gasteiger partial charge in [0.1, 0.15) is 17.1 Å². The van der Waals surface area contributed by atoms with Crippen LogP contribution in [0.4, 0.5) is 14.6 Å². The summed E-state index contributed by atoms with van der Waals surface area (Å²) in [5.41, 5.74) is 2.06. The molecule has 0 N–H and O–H groups in total. The molecule has 4 rings (SSSR count). The van der Waals surface area contributed by atoms with Crippen LogP contribution in [0.5, 0.6) is 5.88 Å². The Morgan fingerprint density at radius 3 is 2.79 bits per heavy atom. The Morgan fingerprint density at radius 2 is 2.04 bits per heavy atom. The van der Waals surface area contributed by atoms with Crippen molar-refractivity contribution in [1.82, 2.24) is 29.1 Å². The second-order valence-corrected chi connectivity index (χ2v) is 5.77. The SMILES string of the molecule is [C-]#[N+]c1cnc2ccc(-c3c(-c4cccc(OC)n4)ncn3CC(F)F)nn12. The topological polar surface area (TPSA) is 74.5 Å². The maximum absolute atomic E-state index is 13.1. The van der Waals surface area contributed by atoms with E-state index in [9.17, 15) is 8.78 Å². The van der Waals surface area contributed by atoms with Crippen LogP contribution in [0.2, 0.25) is 0 Å². The molecule has 0 spiro atoms. The lowest BCUT2D eigenvalue weighted by Crippen LogP contribution is -2.08. The lowest BCUT2D eigenvalue weighted by atomic mass is 10.1. The van der Waals surface area contributed by atoms with E-state index < -0.39 is 13.0 Å². The first-order valence-electron chi connectivity index (χ1n) is 8.18. The summed E-state index contributed by atoms with van der Waals surface area (Å²) in [5, 5.41) is 4.42. The van der Waals surface area contributed by atoms with E-state index in [1.54, 1.807) is 30.3 Å². The van der Waals surface area contributed by atoms with E-state index in [-0.39, 0.29) is 5.82 Å². The second kappa shape index (κ2) is 7.03. The molecule has 0 amide bonds. The maximum Gasteiger partial charge on any atom is 0.275 e. The fourth-order valence-corrected chi connectivity index (χ4v) is 2.85. The molecule has 28 heavy (non-hydrogen) atoms. The Kier molecular flexibility index (Phi) is 4.41. The van der Waals surface area contributed by atoms with Crippen LogP contribution in [0.15, 0.2) is 42.9 Å². The van der Waals surface area contributed by atoms with Crippen LogP contribution in [0, 0.1) is 6.57 Å². The Bertz CT molecular complexity index is 1190. The van der Waals surface area contributed by atoms with Crippen LogP contribution < -0.4 is 4.74 Å². The Labute approximate surface area is 157 Å². The van der Waals surface area contributed by atoms with E-state index in [2.05, 4.69) is 24.9 Å². The van der Waals surface area contributed by atoms with Crippen LogP contribution in [0.3, 0.4) is 0 Å². The summed E-state index contributed by atoms with van der Waals surface area (Å²) >= 11 is 0. The van der Waals surface area contributed by atoms with Gasteiger partial charge in [-0.3, -0.25) is 0 Å². The third-order valence-corrected chi connectivity index (χ3v) is 4.05. The molecule has 0 aliphatic rings. The van der Waals surface area contributed by atoms with E-state index in [0.29, 0.717) is 34.3 Å². The van der Waals surface area contributed by atoms with Gasteiger partial charge in [0.15, 0.2) is 0 Å². The number of ether oxygens (including phenoxy) is 1. The average molecular weight is 381 g/mol. The predicted molar refractivity (Wildman–Crippen MR) is 96.3 cm³/mol. The molecule has 8 nitrogen and oxygen atoms in total. The van der Waals surface area contributed by atoms with Gasteiger partial charge < -0.3 is 14.1 Å². The molecule has 0 atom stereocenters. The summed E-state index contributed by atoms with van der Waals surface area (Å²) < 4.78 is 34.1. The van der Waals surface area contributed by atoms with Crippen LogP contribution in [0.25, 0.3) is 33.3 Å². The van der Waals surface area contributed by atoms with E-state index in [4.69, 9.17) is 11.3 Å². The first-order chi connectivity index (χ1) is 13.6. The van der Waals surface area contributed by atoms with Gasteiger partial charge in [-0.2, -0.15) is 0 Å². The van der Waals surface area contributed by atoms with E-state index in [0.717, 1.165) is 0 Å². The van der Waals surface area contributed by atoms with Gasteiger partial charge in [-0.25, -0.2) is 23.7 Å². The minimum atomic E-state index is -2.57. The highest BCUT2D eigenvalue weighted by atomic mass is 19.3. The minimum absolute atomic E-state index is 0.220. The fraction of sp³-hybridized carbons (Fsp3) is 0.167. The normalized spacial score (nSPS) is 11.1. The number of alkyl halides is 2. The van der Waals surface area contributed by atoms with Gasteiger partial charge in [-0.05, 0) is 12.1 Å². The zero-order valence-electron chi connectivity index (χ0n) is 14.6. The van der Waals surface area contributed by atoms with Gasteiger partial charge in [0.2, 0.25) is 11.5 Å². The standard InChI is InChI=1S/C18H13F2N7O/c1-21-15-8-22-14-7-6-12(25-27(14)15)18-17(23-10-26(18)9-13(19)20)11-4-3-5-16(24-11)28-2/h3-8,10,13H,9H2,2H3. The summed E-state index contributed by atoms with van der Waals surface area (Å²) in [6, 6.07) is 8.44. The molecule has 0 bridgehead atoms. The van der Waals surface area contributed by atoms with Crippen molar-refractivity contribution in [2.24, 2.45) is 0 Å². The summed E-state index contributed by atoms with van der Waals surface area (Å²) in [7, 11) is 1.49. The molecule has 0 aromatic carbocycles. The summed E-state index contributed by atoms with van der Waals surface area (Å²) in [6.07, 6.45) is 0.156. The van der Waals surface area contributed by atoms with Crippen LogP contribution in [0.1, 0.15) is 0 Å². The second-order valence-electron chi connectivity index (χ2n) is 5.77.